The molecule has 0 radical (unpaired) electrons. The van der Waals surface area contributed by atoms with Crippen molar-refractivity contribution in [2.24, 2.45) is 0 Å². The number of hydrogen-bond donors (Lipinski definition) is 0. The van der Waals surface area contributed by atoms with E-state index in [0.717, 1.165) is 107 Å². The Labute approximate surface area is 354 Å². The molecule has 8 aromatic carbocycles. The van der Waals surface area contributed by atoms with Crippen LogP contribution in [0.15, 0.2) is 206 Å². The number of nitrogens with zero attached hydrogens (tertiary/aromatic N) is 5. The summed E-state index contributed by atoms with van der Waals surface area (Å²) < 4.78 is 2.29. The summed E-state index contributed by atoms with van der Waals surface area (Å²) in [7, 11) is 0. The molecule has 61 heavy (non-hydrogen) atoms. The Morgan fingerprint density at radius 3 is 1.49 bits per heavy atom. The van der Waals surface area contributed by atoms with E-state index in [-0.39, 0.29) is 0 Å². The van der Waals surface area contributed by atoms with Crippen molar-refractivity contribution < 1.29 is 0 Å². The summed E-state index contributed by atoms with van der Waals surface area (Å²) in [6.45, 7) is 2.17. The van der Waals surface area contributed by atoms with Gasteiger partial charge in [-0.05, 0) is 46.3 Å². The fraction of sp³-hybridized carbons (Fsp3) is 0.0357. The third kappa shape index (κ3) is 6.44. The van der Waals surface area contributed by atoms with Gasteiger partial charge in [0.25, 0.3) is 0 Å². The summed E-state index contributed by atoms with van der Waals surface area (Å²) >= 11 is 0. The van der Waals surface area contributed by atoms with E-state index in [2.05, 4.69) is 200 Å². The van der Waals surface area contributed by atoms with Gasteiger partial charge in [0.1, 0.15) is 5.82 Å². The van der Waals surface area contributed by atoms with Gasteiger partial charge in [-0.15, -0.1) is 0 Å². The SMILES string of the molecule is CCc1nc2c3c(-c4ccc(-c5c(-c6ccccc6)nc(-c6ccc(-c7ccccc7)cc6)nc5-c5ccccc5)cc4)nc4ccccc4c3ccc2n1-c1ccccc1. The zero-order valence-electron chi connectivity index (χ0n) is 33.6. The standard InChI is InChI=1S/C56H39N5/c1-2-49-58-55-48(61(49)44-23-13-6-14-24-44)36-35-46-45-25-15-16-26-47(45)57-54(51(46)55)42-31-29-39(30-32-42)50-52(40-19-9-4-10-20-40)59-56(60-53(50)41-21-11-5-12-22-41)43-33-27-38(28-34-43)37-17-7-3-8-18-37/h3-36H,2H2,1H3. The monoisotopic (exact) mass is 781 g/mol. The third-order valence-corrected chi connectivity index (χ3v) is 11.6. The fourth-order valence-corrected chi connectivity index (χ4v) is 8.65. The van der Waals surface area contributed by atoms with E-state index in [1.165, 1.54) is 5.56 Å². The Kier molecular flexibility index (Phi) is 9.05. The number of para-hydroxylation sites is 2. The first-order valence-corrected chi connectivity index (χ1v) is 20.8. The van der Waals surface area contributed by atoms with Gasteiger partial charge in [0.15, 0.2) is 5.82 Å². The largest absolute Gasteiger partial charge is 0.296 e. The highest BCUT2D eigenvalue weighted by atomic mass is 15.1. The summed E-state index contributed by atoms with van der Waals surface area (Å²) in [5.41, 5.74) is 15.0. The molecular weight excluding hydrogens is 743 g/mol. The lowest BCUT2D eigenvalue weighted by molar-refractivity contribution is 0.908. The van der Waals surface area contributed by atoms with Gasteiger partial charge in [-0.25, -0.2) is 19.9 Å². The van der Waals surface area contributed by atoms with E-state index in [1.807, 2.05) is 18.2 Å². The Morgan fingerprint density at radius 2 is 0.869 bits per heavy atom. The number of fused-ring (bicyclic) bond motifs is 5. The van der Waals surface area contributed by atoms with Gasteiger partial charge in [0.05, 0.1) is 33.6 Å². The number of aromatic nitrogens is 5. The van der Waals surface area contributed by atoms with Crippen molar-refractivity contribution in [1.29, 1.82) is 0 Å². The summed E-state index contributed by atoms with van der Waals surface area (Å²) in [6, 6.07) is 72.1. The van der Waals surface area contributed by atoms with E-state index in [1.54, 1.807) is 0 Å². The van der Waals surface area contributed by atoms with Crippen LogP contribution in [0.1, 0.15) is 12.7 Å². The number of pyridine rings is 1. The van der Waals surface area contributed by atoms with Crippen LogP contribution in [-0.4, -0.2) is 24.5 Å². The highest BCUT2D eigenvalue weighted by Crippen LogP contribution is 2.42. The quantitative estimate of drug-likeness (QED) is 0.144. The van der Waals surface area contributed by atoms with Crippen molar-refractivity contribution in [3.05, 3.63) is 212 Å². The second-order valence-electron chi connectivity index (χ2n) is 15.3. The van der Waals surface area contributed by atoms with Crippen molar-refractivity contribution in [3.8, 4) is 73.1 Å². The van der Waals surface area contributed by atoms with E-state index < -0.39 is 0 Å². The van der Waals surface area contributed by atoms with Crippen LogP contribution in [0.2, 0.25) is 0 Å². The Morgan fingerprint density at radius 1 is 0.377 bits per heavy atom. The van der Waals surface area contributed by atoms with Gasteiger partial charge in [0.2, 0.25) is 0 Å². The maximum Gasteiger partial charge on any atom is 0.160 e. The first-order chi connectivity index (χ1) is 30.2. The Hall–Kier alpha value is -8.02. The van der Waals surface area contributed by atoms with Crippen LogP contribution in [0.25, 0.3) is 106 Å². The Bertz CT molecular complexity index is 3280. The minimum atomic E-state index is 0.676. The van der Waals surface area contributed by atoms with E-state index in [9.17, 15) is 0 Å². The molecule has 0 fully saturated rings. The van der Waals surface area contributed by atoms with Crippen molar-refractivity contribution in [1.82, 2.24) is 24.5 Å². The molecule has 5 heteroatoms. The van der Waals surface area contributed by atoms with E-state index >= 15 is 0 Å². The molecule has 0 amide bonds. The number of benzene rings is 8. The first kappa shape index (κ1) is 36.1. The predicted molar refractivity (Wildman–Crippen MR) is 251 cm³/mol. The molecule has 0 saturated carbocycles. The van der Waals surface area contributed by atoms with Gasteiger partial charge in [0, 0.05) is 50.7 Å². The van der Waals surface area contributed by atoms with Crippen LogP contribution in [0.5, 0.6) is 0 Å². The second-order valence-corrected chi connectivity index (χ2v) is 15.3. The topological polar surface area (TPSA) is 56.5 Å². The number of aryl methyl sites for hydroxylation is 1. The average Bonchev–Trinajstić information content (AvgIpc) is 3.74. The molecule has 0 aliphatic heterocycles. The molecule has 11 aromatic rings. The lowest BCUT2D eigenvalue weighted by Crippen LogP contribution is -2.01. The van der Waals surface area contributed by atoms with Crippen molar-refractivity contribution >= 4 is 32.7 Å². The van der Waals surface area contributed by atoms with Crippen molar-refractivity contribution in [2.45, 2.75) is 13.3 Å². The molecule has 0 aliphatic carbocycles. The molecular formula is C56H39N5. The minimum absolute atomic E-state index is 0.676. The van der Waals surface area contributed by atoms with E-state index in [4.69, 9.17) is 19.9 Å². The predicted octanol–water partition coefficient (Wildman–Crippen LogP) is 14.1. The second kappa shape index (κ2) is 15.3. The smallest absolute Gasteiger partial charge is 0.160 e. The molecule has 0 bridgehead atoms. The van der Waals surface area contributed by atoms with Crippen molar-refractivity contribution in [2.75, 3.05) is 0 Å². The molecule has 0 spiro atoms. The van der Waals surface area contributed by atoms with Crippen LogP contribution in [0, 0.1) is 0 Å². The minimum Gasteiger partial charge on any atom is -0.296 e. The van der Waals surface area contributed by atoms with Crippen LogP contribution in [-0.2, 0) is 6.42 Å². The van der Waals surface area contributed by atoms with Gasteiger partial charge < -0.3 is 0 Å². The summed E-state index contributed by atoms with van der Waals surface area (Å²) in [5, 5.41) is 3.30. The van der Waals surface area contributed by atoms with Gasteiger partial charge in [-0.1, -0.05) is 189 Å². The normalized spacial score (nSPS) is 11.4. The lowest BCUT2D eigenvalue weighted by atomic mass is 9.92. The number of hydrogen-bond acceptors (Lipinski definition) is 4. The molecule has 0 aliphatic rings. The molecule has 288 valence electrons. The molecule has 0 N–H and O–H groups in total. The summed E-state index contributed by atoms with van der Waals surface area (Å²) in [5.74, 6) is 1.69. The highest BCUT2D eigenvalue weighted by molar-refractivity contribution is 6.20. The van der Waals surface area contributed by atoms with Crippen molar-refractivity contribution in [3.63, 3.8) is 0 Å². The maximum atomic E-state index is 5.39. The van der Waals surface area contributed by atoms with E-state index in [0.29, 0.717) is 5.82 Å². The number of imidazole rings is 1. The zero-order valence-corrected chi connectivity index (χ0v) is 33.6. The summed E-state index contributed by atoms with van der Waals surface area (Å²) in [6.07, 6.45) is 0.795. The van der Waals surface area contributed by atoms with Gasteiger partial charge in [-0.2, -0.15) is 0 Å². The summed E-state index contributed by atoms with van der Waals surface area (Å²) in [4.78, 5) is 21.5. The third-order valence-electron chi connectivity index (χ3n) is 11.6. The number of rotatable bonds is 8. The molecule has 3 aromatic heterocycles. The van der Waals surface area contributed by atoms with Crippen LogP contribution >= 0.6 is 0 Å². The average molecular weight is 782 g/mol. The lowest BCUT2D eigenvalue weighted by Gasteiger charge is -2.17. The fourth-order valence-electron chi connectivity index (χ4n) is 8.65. The maximum absolute atomic E-state index is 5.39. The Balaban J connectivity index is 1.11. The van der Waals surface area contributed by atoms with Crippen LogP contribution in [0.3, 0.4) is 0 Å². The first-order valence-electron chi connectivity index (χ1n) is 20.8. The highest BCUT2D eigenvalue weighted by Gasteiger charge is 2.22. The van der Waals surface area contributed by atoms with Gasteiger partial charge in [-0.3, -0.25) is 4.57 Å². The molecule has 5 nitrogen and oxygen atoms in total. The molecule has 3 heterocycles. The molecule has 11 rings (SSSR count). The zero-order chi connectivity index (χ0) is 40.7. The van der Waals surface area contributed by atoms with Crippen LogP contribution in [0.4, 0.5) is 0 Å². The van der Waals surface area contributed by atoms with Gasteiger partial charge >= 0.3 is 0 Å². The van der Waals surface area contributed by atoms with Crippen LogP contribution < -0.4 is 0 Å². The molecule has 0 saturated heterocycles. The molecule has 0 unspecified atom stereocenters. The molecule has 0 atom stereocenters.